The number of pyridine rings is 1. The highest BCUT2D eigenvalue weighted by molar-refractivity contribution is 5.94. The van der Waals surface area contributed by atoms with E-state index < -0.39 is 0 Å². The van der Waals surface area contributed by atoms with Gasteiger partial charge in [0.25, 0.3) is 5.91 Å². The summed E-state index contributed by atoms with van der Waals surface area (Å²) in [4.78, 5) is 18.6. The smallest absolute Gasteiger partial charge is 0.255 e. The van der Waals surface area contributed by atoms with Gasteiger partial charge in [0, 0.05) is 30.9 Å². The van der Waals surface area contributed by atoms with E-state index in [1.807, 2.05) is 30.0 Å². The van der Waals surface area contributed by atoms with Crippen LogP contribution in [0.3, 0.4) is 0 Å². The number of hydrogen-bond acceptors (Lipinski definition) is 2. The Kier molecular flexibility index (Phi) is 3.50. The van der Waals surface area contributed by atoms with Gasteiger partial charge in [-0.05, 0) is 31.0 Å². The number of aryl methyl sites for hydroxylation is 1. The Morgan fingerprint density at radius 2 is 2.00 bits per heavy atom. The van der Waals surface area contributed by atoms with E-state index in [0.29, 0.717) is 11.5 Å². The van der Waals surface area contributed by atoms with E-state index >= 15 is 0 Å². The number of benzene rings is 1. The molecule has 1 saturated heterocycles. The Hall–Kier alpha value is -2.16. The molecule has 0 bridgehead atoms. The molecule has 20 heavy (non-hydrogen) atoms. The van der Waals surface area contributed by atoms with E-state index in [9.17, 15) is 4.79 Å². The van der Waals surface area contributed by atoms with Gasteiger partial charge in [-0.3, -0.25) is 9.78 Å². The molecule has 0 aliphatic carbocycles. The third kappa shape index (κ3) is 2.57. The molecule has 102 valence electrons. The van der Waals surface area contributed by atoms with Gasteiger partial charge in [-0.15, -0.1) is 0 Å². The van der Waals surface area contributed by atoms with Gasteiger partial charge < -0.3 is 4.90 Å². The highest BCUT2D eigenvalue weighted by Crippen LogP contribution is 2.27. The summed E-state index contributed by atoms with van der Waals surface area (Å²) in [5, 5.41) is 0. The summed E-state index contributed by atoms with van der Waals surface area (Å²) in [5.74, 6) is 0.550. The van der Waals surface area contributed by atoms with Crippen LogP contribution in [0.5, 0.6) is 0 Å². The van der Waals surface area contributed by atoms with Gasteiger partial charge in [-0.1, -0.05) is 30.3 Å². The Bertz CT molecular complexity index is 592. The number of amides is 1. The zero-order chi connectivity index (χ0) is 13.9. The van der Waals surface area contributed by atoms with Crippen LogP contribution in [0.25, 0.3) is 0 Å². The van der Waals surface area contributed by atoms with E-state index in [0.717, 1.165) is 25.2 Å². The van der Waals surface area contributed by atoms with Crippen LogP contribution in [0.1, 0.15) is 34.0 Å². The minimum absolute atomic E-state index is 0.0935. The van der Waals surface area contributed by atoms with Crippen molar-refractivity contribution in [2.24, 2.45) is 0 Å². The van der Waals surface area contributed by atoms with Gasteiger partial charge in [0.05, 0.1) is 5.56 Å². The fraction of sp³-hybridized carbons (Fsp3) is 0.294. The van der Waals surface area contributed by atoms with Crippen molar-refractivity contribution in [1.82, 2.24) is 9.88 Å². The first-order chi connectivity index (χ1) is 9.74. The van der Waals surface area contributed by atoms with Crippen molar-refractivity contribution in [3.8, 4) is 0 Å². The average Bonchev–Trinajstić information content (AvgIpc) is 2.98. The summed E-state index contributed by atoms with van der Waals surface area (Å²) in [6.45, 7) is 3.55. The van der Waals surface area contributed by atoms with Crippen LogP contribution >= 0.6 is 0 Å². The monoisotopic (exact) mass is 266 g/mol. The largest absolute Gasteiger partial charge is 0.338 e. The maximum Gasteiger partial charge on any atom is 0.255 e. The van der Waals surface area contributed by atoms with Crippen molar-refractivity contribution in [1.29, 1.82) is 0 Å². The molecule has 1 aliphatic heterocycles. The lowest BCUT2D eigenvalue weighted by Gasteiger charge is -2.16. The van der Waals surface area contributed by atoms with Crippen molar-refractivity contribution >= 4 is 5.91 Å². The molecular weight excluding hydrogens is 248 g/mol. The molecule has 3 heteroatoms. The number of carbonyl (C=O) groups is 1. The summed E-state index contributed by atoms with van der Waals surface area (Å²) in [6, 6.07) is 14.2. The van der Waals surface area contributed by atoms with Gasteiger partial charge in [-0.2, -0.15) is 0 Å². The summed E-state index contributed by atoms with van der Waals surface area (Å²) in [5.41, 5.74) is 2.94. The van der Waals surface area contributed by atoms with Crippen LogP contribution in [0.15, 0.2) is 48.7 Å². The maximum atomic E-state index is 12.4. The summed E-state index contributed by atoms with van der Waals surface area (Å²) in [7, 11) is 0. The van der Waals surface area contributed by atoms with E-state index in [4.69, 9.17) is 0 Å². The van der Waals surface area contributed by atoms with Gasteiger partial charge in [0.15, 0.2) is 0 Å². The summed E-state index contributed by atoms with van der Waals surface area (Å²) >= 11 is 0. The van der Waals surface area contributed by atoms with Crippen molar-refractivity contribution in [3.63, 3.8) is 0 Å². The molecule has 1 amide bonds. The highest BCUT2D eigenvalue weighted by Gasteiger charge is 2.27. The fourth-order valence-electron chi connectivity index (χ4n) is 2.72. The van der Waals surface area contributed by atoms with Crippen molar-refractivity contribution in [3.05, 3.63) is 65.5 Å². The van der Waals surface area contributed by atoms with E-state index in [2.05, 4.69) is 29.2 Å². The predicted molar refractivity (Wildman–Crippen MR) is 78.7 cm³/mol. The Labute approximate surface area is 119 Å². The number of rotatable bonds is 2. The predicted octanol–water partition coefficient (Wildman–Crippen LogP) is 3.02. The second kappa shape index (κ2) is 5.45. The molecule has 0 saturated carbocycles. The lowest BCUT2D eigenvalue weighted by molar-refractivity contribution is 0.0790. The molecule has 0 radical (unpaired) electrons. The van der Waals surface area contributed by atoms with Crippen LogP contribution < -0.4 is 0 Å². The molecular formula is C17H18N2O. The van der Waals surface area contributed by atoms with Crippen molar-refractivity contribution < 1.29 is 4.79 Å². The molecule has 1 aromatic carbocycles. The minimum atomic E-state index is 0.0935. The third-order valence-electron chi connectivity index (χ3n) is 3.90. The van der Waals surface area contributed by atoms with E-state index in [-0.39, 0.29) is 5.91 Å². The van der Waals surface area contributed by atoms with Crippen LogP contribution in [-0.4, -0.2) is 28.9 Å². The first-order valence-corrected chi connectivity index (χ1v) is 7.01. The van der Waals surface area contributed by atoms with Crippen molar-refractivity contribution in [2.75, 3.05) is 13.1 Å². The van der Waals surface area contributed by atoms with Crippen LogP contribution in [0.4, 0.5) is 0 Å². The topological polar surface area (TPSA) is 33.2 Å². The van der Waals surface area contributed by atoms with Crippen LogP contribution in [0, 0.1) is 6.92 Å². The number of carbonyl (C=O) groups excluding carboxylic acids is 1. The molecule has 1 atom stereocenters. The first-order valence-electron chi connectivity index (χ1n) is 7.01. The number of likely N-dealkylation sites (tertiary alicyclic amines) is 1. The number of nitrogens with zero attached hydrogens (tertiary/aromatic N) is 2. The molecule has 1 fully saturated rings. The van der Waals surface area contributed by atoms with Gasteiger partial charge in [0.2, 0.25) is 0 Å². The Morgan fingerprint density at radius 1 is 1.20 bits per heavy atom. The Morgan fingerprint density at radius 3 is 2.70 bits per heavy atom. The molecule has 2 aromatic rings. The number of aromatic nitrogens is 1. The fourth-order valence-corrected chi connectivity index (χ4v) is 2.72. The van der Waals surface area contributed by atoms with Gasteiger partial charge in [0.1, 0.15) is 0 Å². The van der Waals surface area contributed by atoms with Gasteiger partial charge in [-0.25, -0.2) is 0 Å². The molecule has 1 aliphatic rings. The molecule has 3 nitrogen and oxygen atoms in total. The molecule has 1 aromatic heterocycles. The maximum absolute atomic E-state index is 12.4. The SMILES string of the molecule is Cc1ccc(C(=O)N2CCC(c3ccccc3)C2)cn1. The standard InChI is InChI=1S/C17H18N2O/c1-13-7-8-15(11-18-13)17(20)19-10-9-16(12-19)14-5-3-2-4-6-14/h2-8,11,16H,9-10,12H2,1H3. The van der Waals surface area contributed by atoms with E-state index in [1.165, 1.54) is 5.56 Å². The lowest BCUT2D eigenvalue weighted by atomic mass is 9.99. The average molecular weight is 266 g/mol. The molecule has 0 spiro atoms. The number of hydrogen-bond donors (Lipinski definition) is 0. The third-order valence-corrected chi connectivity index (χ3v) is 3.90. The first kappa shape index (κ1) is 12.9. The normalized spacial score (nSPS) is 18.2. The van der Waals surface area contributed by atoms with Crippen LogP contribution in [0.2, 0.25) is 0 Å². The summed E-state index contributed by atoms with van der Waals surface area (Å²) in [6.07, 6.45) is 2.71. The second-order valence-corrected chi connectivity index (χ2v) is 5.34. The van der Waals surface area contributed by atoms with Crippen LogP contribution in [-0.2, 0) is 0 Å². The summed E-state index contributed by atoms with van der Waals surface area (Å²) < 4.78 is 0. The Balaban J connectivity index is 1.71. The molecule has 3 rings (SSSR count). The quantitative estimate of drug-likeness (QED) is 0.837. The molecule has 1 unspecified atom stereocenters. The lowest BCUT2D eigenvalue weighted by Crippen LogP contribution is -2.28. The minimum Gasteiger partial charge on any atom is -0.338 e. The second-order valence-electron chi connectivity index (χ2n) is 5.34. The molecule has 2 heterocycles. The highest BCUT2D eigenvalue weighted by atomic mass is 16.2. The van der Waals surface area contributed by atoms with Gasteiger partial charge >= 0.3 is 0 Å². The van der Waals surface area contributed by atoms with E-state index in [1.54, 1.807) is 6.20 Å². The van der Waals surface area contributed by atoms with Crippen molar-refractivity contribution in [2.45, 2.75) is 19.3 Å². The molecule has 0 N–H and O–H groups in total. The zero-order valence-electron chi connectivity index (χ0n) is 11.6. The zero-order valence-corrected chi connectivity index (χ0v) is 11.6.